The Morgan fingerprint density at radius 3 is 2.81 bits per heavy atom. The lowest BCUT2D eigenvalue weighted by molar-refractivity contribution is -0.117. The molecule has 1 aromatic carbocycles. The molecule has 4 heteroatoms. The Morgan fingerprint density at radius 2 is 2.25 bits per heavy atom. The molecule has 0 bridgehead atoms. The van der Waals surface area contributed by atoms with Crippen LogP contribution in [-0.4, -0.2) is 25.8 Å². The number of aldehydes is 1. The van der Waals surface area contributed by atoms with Crippen molar-refractivity contribution in [2.24, 2.45) is 0 Å². The Balaban J connectivity index is 2.35. The number of ether oxygens (including phenoxy) is 1. The van der Waals surface area contributed by atoms with Crippen molar-refractivity contribution in [2.75, 3.05) is 18.6 Å². The van der Waals surface area contributed by atoms with Crippen molar-refractivity contribution >= 4 is 17.9 Å². The van der Waals surface area contributed by atoms with Crippen LogP contribution in [0.4, 0.5) is 5.69 Å². The highest BCUT2D eigenvalue weighted by atomic mass is 16.5. The number of methoxy groups -OCH3 is 1. The van der Waals surface area contributed by atoms with Crippen LogP contribution in [0, 0.1) is 0 Å². The van der Waals surface area contributed by atoms with Crippen molar-refractivity contribution in [3.63, 3.8) is 0 Å². The van der Waals surface area contributed by atoms with Gasteiger partial charge in [0.25, 0.3) is 0 Å². The van der Waals surface area contributed by atoms with Gasteiger partial charge in [-0.05, 0) is 18.6 Å². The number of carbonyl (C=O) groups is 2. The predicted octanol–water partition coefficient (Wildman–Crippen LogP) is 1.63. The fraction of sp³-hybridized carbons (Fsp3) is 0.333. The van der Waals surface area contributed by atoms with E-state index < -0.39 is 0 Å². The number of amides is 1. The molecule has 0 unspecified atom stereocenters. The zero-order valence-electron chi connectivity index (χ0n) is 9.10. The van der Waals surface area contributed by atoms with E-state index in [9.17, 15) is 9.59 Å². The first kappa shape index (κ1) is 10.7. The molecule has 16 heavy (non-hydrogen) atoms. The molecule has 0 aromatic heterocycles. The van der Waals surface area contributed by atoms with Gasteiger partial charge < -0.3 is 9.64 Å². The molecule has 0 aliphatic carbocycles. The van der Waals surface area contributed by atoms with Crippen LogP contribution in [0.3, 0.4) is 0 Å². The summed E-state index contributed by atoms with van der Waals surface area (Å²) in [4.78, 5) is 24.0. The Morgan fingerprint density at radius 1 is 1.44 bits per heavy atom. The SMILES string of the molecule is COc1cc(N2CCCC2=O)ccc1C=O. The molecule has 2 rings (SSSR count). The summed E-state index contributed by atoms with van der Waals surface area (Å²) in [5, 5.41) is 0. The van der Waals surface area contributed by atoms with Gasteiger partial charge in [-0.3, -0.25) is 9.59 Å². The average Bonchev–Trinajstić information content (AvgIpc) is 2.74. The Kier molecular flexibility index (Phi) is 2.90. The van der Waals surface area contributed by atoms with Gasteiger partial charge in [-0.1, -0.05) is 0 Å². The summed E-state index contributed by atoms with van der Waals surface area (Å²) in [6.45, 7) is 0.739. The van der Waals surface area contributed by atoms with E-state index in [0.29, 0.717) is 17.7 Å². The normalized spacial score (nSPS) is 15.3. The van der Waals surface area contributed by atoms with Gasteiger partial charge in [0.1, 0.15) is 5.75 Å². The van der Waals surface area contributed by atoms with Crippen molar-refractivity contribution in [3.05, 3.63) is 23.8 Å². The molecule has 1 heterocycles. The minimum absolute atomic E-state index is 0.126. The second kappa shape index (κ2) is 4.35. The van der Waals surface area contributed by atoms with Crippen LogP contribution in [0.25, 0.3) is 0 Å². The minimum Gasteiger partial charge on any atom is -0.496 e. The van der Waals surface area contributed by atoms with E-state index in [0.717, 1.165) is 24.9 Å². The quantitative estimate of drug-likeness (QED) is 0.726. The zero-order chi connectivity index (χ0) is 11.5. The second-order valence-corrected chi connectivity index (χ2v) is 3.69. The highest BCUT2D eigenvalue weighted by molar-refractivity contribution is 5.96. The third-order valence-corrected chi connectivity index (χ3v) is 2.73. The molecule has 1 aromatic rings. The van der Waals surface area contributed by atoms with Gasteiger partial charge in [-0.25, -0.2) is 0 Å². The molecule has 0 N–H and O–H groups in total. The van der Waals surface area contributed by atoms with Crippen LogP contribution in [0.2, 0.25) is 0 Å². The Bertz CT molecular complexity index is 428. The van der Waals surface area contributed by atoms with E-state index >= 15 is 0 Å². The minimum atomic E-state index is 0.126. The van der Waals surface area contributed by atoms with Gasteiger partial charge in [-0.15, -0.1) is 0 Å². The van der Waals surface area contributed by atoms with E-state index in [1.54, 1.807) is 23.1 Å². The molecule has 1 aliphatic rings. The van der Waals surface area contributed by atoms with Gasteiger partial charge in [0.15, 0.2) is 6.29 Å². The summed E-state index contributed by atoms with van der Waals surface area (Å²) in [7, 11) is 1.51. The zero-order valence-corrected chi connectivity index (χ0v) is 9.10. The molecule has 1 fully saturated rings. The molecule has 1 saturated heterocycles. The summed E-state index contributed by atoms with van der Waals surface area (Å²) in [6, 6.07) is 5.18. The molecule has 0 atom stereocenters. The van der Waals surface area contributed by atoms with Gasteiger partial charge in [0, 0.05) is 24.7 Å². The van der Waals surface area contributed by atoms with E-state index in [2.05, 4.69) is 0 Å². The van der Waals surface area contributed by atoms with Crippen molar-refractivity contribution in [2.45, 2.75) is 12.8 Å². The van der Waals surface area contributed by atoms with E-state index in [1.807, 2.05) is 0 Å². The van der Waals surface area contributed by atoms with Gasteiger partial charge in [0.05, 0.1) is 12.7 Å². The molecule has 1 aliphatic heterocycles. The van der Waals surface area contributed by atoms with Crippen molar-refractivity contribution in [1.82, 2.24) is 0 Å². The first-order chi connectivity index (χ1) is 7.76. The molecule has 1 amide bonds. The molecule has 0 saturated carbocycles. The average molecular weight is 219 g/mol. The summed E-state index contributed by atoms with van der Waals surface area (Å²) < 4.78 is 5.10. The number of hydrogen-bond acceptors (Lipinski definition) is 3. The standard InChI is InChI=1S/C12H13NO3/c1-16-11-7-10(5-4-9(11)8-14)13-6-2-3-12(13)15/h4-5,7-8H,2-3,6H2,1H3. The van der Waals surface area contributed by atoms with E-state index in [1.165, 1.54) is 7.11 Å². The second-order valence-electron chi connectivity index (χ2n) is 3.69. The highest BCUT2D eigenvalue weighted by Crippen LogP contribution is 2.27. The third kappa shape index (κ3) is 1.78. The van der Waals surface area contributed by atoms with Crippen LogP contribution in [-0.2, 0) is 4.79 Å². The lowest BCUT2D eigenvalue weighted by Crippen LogP contribution is -2.23. The van der Waals surface area contributed by atoms with Crippen LogP contribution in [0.15, 0.2) is 18.2 Å². The number of rotatable bonds is 3. The van der Waals surface area contributed by atoms with Crippen LogP contribution in [0.1, 0.15) is 23.2 Å². The molecular weight excluding hydrogens is 206 g/mol. The number of hydrogen-bond donors (Lipinski definition) is 0. The number of anilines is 1. The highest BCUT2D eigenvalue weighted by Gasteiger charge is 2.22. The van der Waals surface area contributed by atoms with E-state index in [4.69, 9.17) is 4.74 Å². The molecule has 84 valence electrons. The van der Waals surface area contributed by atoms with Crippen LogP contribution >= 0.6 is 0 Å². The smallest absolute Gasteiger partial charge is 0.227 e. The third-order valence-electron chi connectivity index (χ3n) is 2.73. The van der Waals surface area contributed by atoms with Crippen LogP contribution < -0.4 is 9.64 Å². The predicted molar refractivity (Wildman–Crippen MR) is 60.0 cm³/mol. The fourth-order valence-electron chi connectivity index (χ4n) is 1.89. The number of nitrogens with zero attached hydrogens (tertiary/aromatic N) is 1. The summed E-state index contributed by atoms with van der Waals surface area (Å²) in [6.07, 6.45) is 2.22. The number of carbonyl (C=O) groups excluding carboxylic acids is 2. The molecular formula is C12H13NO3. The summed E-state index contributed by atoms with van der Waals surface area (Å²) in [5.41, 5.74) is 1.29. The monoisotopic (exact) mass is 219 g/mol. The maximum atomic E-state index is 11.5. The first-order valence-electron chi connectivity index (χ1n) is 5.20. The van der Waals surface area contributed by atoms with Gasteiger partial charge >= 0.3 is 0 Å². The van der Waals surface area contributed by atoms with Gasteiger partial charge in [-0.2, -0.15) is 0 Å². The number of benzene rings is 1. The summed E-state index contributed by atoms with van der Waals surface area (Å²) in [5.74, 6) is 0.633. The van der Waals surface area contributed by atoms with Crippen molar-refractivity contribution < 1.29 is 14.3 Å². The maximum Gasteiger partial charge on any atom is 0.227 e. The maximum absolute atomic E-state index is 11.5. The Hall–Kier alpha value is -1.84. The summed E-state index contributed by atoms with van der Waals surface area (Å²) >= 11 is 0. The van der Waals surface area contributed by atoms with Crippen LogP contribution in [0.5, 0.6) is 5.75 Å². The molecule has 0 radical (unpaired) electrons. The fourth-order valence-corrected chi connectivity index (χ4v) is 1.89. The Labute approximate surface area is 93.8 Å². The largest absolute Gasteiger partial charge is 0.496 e. The lowest BCUT2D eigenvalue weighted by Gasteiger charge is -2.16. The lowest BCUT2D eigenvalue weighted by atomic mass is 10.2. The van der Waals surface area contributed by atoms with Crippen molar-refractivity contribution in [3.8, 4) is 5.75 Å². The first-order valence-corrected chi connectivity index (χ1v) is 5.20. The molecule has 0 spiro atoms. The van der Waals surface area contributed by atoms with E-state index in [-0.39, 0.29) is 5.91 Å². The van der Waals surface area contributed by atoms with Crippen molar-refractivity contribution in [1.29, 1.82) is 0 Å². The van der Waals surface area contributed by atoms with Gasteiger partial charge in [0.2, 0.25) is 5.91 Å². The molecule has 4 nitrogen and oxygen atoms in total. The topological polar surface area (TPSA) is 46.6 Å².